The number of ether oxygens (including phenoxy) is 2. The molecule has 0 bridgehead atoms. The fourth-order valence-electron chi connectivity index (χ4n) is 6.11. The maximum Gasteiger partial charge on any atom is 0.407 e. The van der Waals surface area contributed by atoms with Gasteiger partial charge in [0.15, 0.2) is 6.10 Å². The molecule has 7 N–H and O–H groups in total. The predicted molar refractivity (Wildman–Crippen MR) is 197 cm³/mol. The monoisotopic (exact) mass is 756 g/mol. The molecule has 290 valence electrons. The minimum atomic E-state index is -1.11. The molecular weight excluding hydrogens is 712 g/mol. The van der Waals surface area contributed by atoms with E-state index in [-0.39, 0.29) is 44.6 Å². The molecule has 6 amide bonds. The summed E-state index contributed by atoms with van der Waals surface area (Å²) in [4.78, 5) is 86.3. The van der Waals surface area contributed by atoms with E-state index in [1.165, 1.54) is 0 Å². The van der Waals surface area contributed by atoms with Gasteiger partial charge >= 0.3 is 12.1 Å². The molecule has 0 saturated heterocycles. The van der Waals surface area contributed by atoms with Crippen molar-refractivity contribution in [2.24, 2.45) is 5.92 Å². The topological polar surface area (TPSA) is 230 Å². The van der Waals surface area contributed by atoms with Crippen LogP contribution in [0.15, 0.2) is 78.9 Å². The van der Waals surface area contributed by atoms with Crippen molar-refractivity contribution >= 4 is 41.6 Å². The minimum Gasteiger partial charge on any atom is -0.479 e. The van der Waals surface area contributed by atoms with Crippen molar-refractivity contribution in [3.8, 4) is 11.1 Å². The molecular formula is C39H44N6O10. The molecule has 16 heteroatoms. The summed E-state index contributed by atoms with van der Waals surface area (Å²) in [6.07, 6.45) is -0.249. The van der Waals surface area contributed by atoms with Gasteiger partial charge in [0, 0.05) is 25.3 Å². The number of carbonyl (C=O) groups is 7. The second kappa shape index (κ2) is 19.7. The summed E-state index contributed by atoms with van der Waals surface area (Å²) < 4.78 is 10.7. The summed E-state index contributed by atoms with van der Waals surface area (Å²) in [7, 11) is 0. The Morgan fingerprint density at radius 3 is 1.91 bits per heavy atom. The lowest BCUT2D eigenvalue weighted by Crippen LogP contribution is -2.52. The van der Waals surface area contributed by atoms with Gasteiger partial charge in [-0.15, -0.1) is 0 Å². The number of carbonyl (C=O) groups excluding carboxylic acids is 6. The number of carboxylic acids is 1. The van der Waals surface area contributed by atoms with Crippen LogP contribution in [0.25, 0.3) is 11.1 Å². The molecule has 55 heavy (non-hydrogen) atoms. The number of alkyl carbamates (subject to hydrolysis) is 1. The fraction of sp³-hybridized carbons (Fsp3) is 0.359. The highest BCUT2D eigenvalue weighted by Gasteiger charge is 2.37. The van der Waals surface area contributed by atoms with Crippen molar-refractivity contribution in [3.05, 3.63) is 95.6 Å². The number of amides is 6. The summed E-state index contributed by atoms with van der Waals surface area (Å²) >= 11 is 0. The summed E-state index contributed by atoms with van der Waals surface area (Å²) in [5.41, 5.74) is 5.08. The number of aliphatic carboxylic acids is 1. The number of hydrogen-bond acceptors (Lipinski definition) is 9. The molecule has 1 saturated carbocycles. The van der Waals surface area contributed by atoms with Gasteiger partial charge in [-0.3, -0.25) is 24.0 Å². The zero-order valence-corrected chi connectivity index (χ0v) is 30.0. The molecule has 0 radical (unpaired) electrons. The van der Waals surface area contributed by atoms with Gasteiger partial charge in [-0.05, 0) is 46.6 Å². The molecule has 0 heterocycles. The Kier molecular flexibility index (Phi) is 14.3. The second-order valence-electron chi connectivity index (χ2n) is 13.1. The van der Waals surface area contributed by atoms with Gasteiger partial charge in [-0.2, -0.15) is 0 Å². The van der Waals surface area contributed by atoms with E-state index in [1.807, 2.05) is 48.5 Å². The lowest BCUT2D eigenvalue weighted by molar-refractivity contribution is -0.153. The van der Waals surface area contributed by atoms with Gasteiger partial charge in [0.25, 0.3) is 0 Å². The maximum atomic E-state index is 13.0. The van der Waals surface area contributed by atoms with Crippen molar-refractivity contribution < 1.29 is 48.1 Å². The first-order chi connectivity index (χ1) is 26.6. The highest BCUT2D eigenvalue weighted by molar-refractivity contribution is 5.93. The molecule has 2 atom stereocenters. The number of hydrogen-bond donors (Lipinski definition) is 7. The fourth-order valence-corrected chi connectivity index (χ4v) is 6.11. The highest BCUT2D eigenvalue weighted by Crippen LogP contribution is 2.44. The number of carboxylic acid groups (broad SMARTS) is 1. The standard InChI is InChI=1S/C39H44N6O10/c46-32(16-17-40-39(53)54-22-30-28-12-6-4-10-26(28)27-11-5-7-13-29(27)30)41-19-33(47)42-21-35(49)45-31(18-24-8-2-1-3-9-24)37(50)43-20-34(48)44-23-55-36(38(51)52)25-14-15-25/h1-13,25,30-31,36H,14-23H2,(H,40,53)(H,41,46)(H,42,47)(H,43,50)(H,44,48)(H,45,49)(H,51,52)/t31-,36-/m0/s1. The Hall–Kier alpha value is -6.29. The van der Waals surface area contributed by atoms with Gasteiger partial charge in [0.05, 0.1) is 19.6 Å². The maximum absolute atomic E-state index is 13.0. The molecule has 3 aromatic rings. The quantitative estimate of drug-likeness (QED) is 0.0808. The van der Waals surface area contributed by atoms with Gasteiger partial charge < -0.3 is 46.5 Å². The van der Waals surface area contributed by atoms with Crippen LogP contribution in [0, 0.1) is 5.92 Å². The lowest BCUT2D eigenvalue weighted by Gasteiger charge is -2.19. The molecule has 3 aromatic carbocycles. The van der Waals surface area contributed by atoms with E-state index < -0.39 is 73.4 Å². The number of nitrogens with one attached hydrogen (secondary N) is 6. The van der Waals surface area contributed by atoms with Crippen molar-refractivity contribution in [2.75, 3.05) is 39.5 Å². The van der Waals surface area contributed by atoms with Gasteiger partial charge in [0.1, 0.15) is 19.4 Å². The Balaban J connectivity index is 0.972. The summed E-state index contributed by atoms with van der Waals surface area (Å²) in [5, 5.41) is 24.0. The Labute approximate surface area is 317 Å². The van der Waals surface area contributed by atoms with Crippen molar-refractivity contribution in [1.82, 2.24) is 31.9 Å². The van der Waals surface area contributed by atoms with E-state index in [9.17, 15) is 38.7 Å². The molecule has 2 aliphatic rings. The van der Waals surface area contributed by atoms with Crippen LogP contribution in [0.5, 0.6) is 0 Å². The second-order valence-corrected chi connectivity index (χ2v) is 13.1. The zero-order valence-electron chi connectivity index (χ0n) is 30.0. The summed E-state index contributed by atoms with van der Waals surface area (Å²) in [6.45, 7) is -1.63. The molecule has 16 nitrogen and oxygen atoms in total. The van der Waals surface area contributed by atoms with Gasteiger partial charge in [0.2, 0.25) is 29.5 Å². The Bertz CT molecular complexity index is 1820. The van der Waals surface area contributed by atoms with Gasteiger partial charge in [-0.1, -0.05) is 78.9 Å². The van der Waals surface area contributed by atoms with Crippen LogP contribution in [0.3, 0.4) is 0 Å². The zero-order chi connectivity index (χ0) is 39.2. The lowest BCUT2D eigenvalue weighted by atomic mass is 9.98. The third-order valence-electron chi connectivity index (χ3n) is 9.04. The van der Waals surface area contributed by atoms with E-state index in [1.54, 1.807) is 30.3 Å². The molecule has 1 fully saturated rings. The largest absolute Gasteiger partial charge is 0.479 e. The molecule has 0 spiro atoms. The number of fused-ring (bicyclic) bond motifs is 3. The van der Waals surface area contributed by atoms with Gasteiger partial charge in [-0.25, -0.2) is 9.59 Å². The van der Waals surface area contributed by atoms with Crippen LogP contribution in [0.4, 0.5) is 4.79 Å². The first-order valence-corrected chi connectivity index (χ1v) is 17.9. The van der Waals surface area contributed by atoms with E-state index in [2.05, 4.69) is 31.9 Å². The molecule has 0 unspecified atom stereocenters. The molecule has 0 aliphatic heterocycles. The highest BCUT2D eigenvalue weighted by atomic mass is 16.5. The van der Waals surface area contributed by atoms with Crippen LogP contribution in [0.2, 0.25) is 0 Å². The van der Waals surface area contributed by atoms with Crippen LogP contribution >= 0.6 is 0 Å². The molecule has 0 aromatic heterocycles. The molecule has 5 rings (SSSR count). The van der Waals surface area contributed by atoms with Crippen LogP contribution in [0.1, 0.15) is 41.9 Å². The number of rotatable bonds is 20. The summed E-state index contributed by atoms with van der Waals surface area (Å²) in [5.74, 6) is -4.46. The average molecular weight is 757 g/mol. The average Bonchev–Trinajstić information content (AvgIpc) is 3.97. The smallest absolute Gasteiger partial charge is 0.407 e. The first-order valence-electron chi connectivity index (χ1n) is 17.9. The van der Waals surface area contributed by atoms with E-state index >= 15 is 0 Å². The summed E-state index contributed by atoms with van der Waals surface area (Å²) in [6, 6.07) is 23.6. The van der Waals surface area contributed by atoms with Crippen molar-refractivity contribution in [2.45, 2.75) is 43.7 Å². The normalized spacial score (nSPS) is 13.9. The predicted octanol–water partition coefficient (Wildman–Crippen LogP) is 0.945. The van der Waals surface area contributed by atoms with E-state index in [0.29, 0.717) is 0 Å². The van der Waals surface area contributed by atoms with Crippen LogP contribution < -0.4 is 31.9 Å². The molecule has 2 aliphatic carbocycles. The third kappa shape index (κ3) is 12.1. The van der Waals surface area contributed by atoms with Crippen molar-refractivity contribution in [3.63, 3.8) is 0 Å². The number of benzene rings is 3. The minimum absolute atomic E-state index is 0.0293. The SMILES string of the molecule is O=C(CCNC(=O)OCC1c2ccccc2-c2ccccc21)NCC(=O)NCC(=O)N[C@@H](Cc1ccccc1)C(=O)NCC(=O)NCO[C@H](C(=O)O)C1CC1. The van der Waals surface area contributed by atoms with E-state index in [4.69, 9.17) is 9.47 Å². The first kappa shape index (κ1) is 39.9. The van der Waals surface area contributed by atoms with Crippen LogP contribution in [-0.2, 0) is 44.7 Å². The third-order valence-corrected chi connectivity index (χ3v) is 9.04. The van der Waals surface area contributed by atoms with Crippen LogP contribution in [-0.4, -0.2) is 98.4 Å². The van der Waals surface area contributed by atoms with E-state index in [0.717, 1.165) is 40.7 Å². The Morgan fingerprint density at radius 1 is 0.673 bits per heavy atom. The van der Waals surface area contributed by atoms with Crippen molar-refractivity contribution in [1.29, 1.82) is 0 Å². The Morgan fingerprint density at radius 2 is 1.25 bits per heavy atom.